The van der Waals surface area contributed by atoms with Crippen LogP contribution in [0.1, 0.15) is 20.3 Å². The summed E-state index contributed by atoms with van der Waals surface area (Å²) >= 11 is 0. The van der Waals surface area contributed by atoms with Crippen LogP contribution in [0.2, 0.25) is 0 Å². The van der Waals surface area contributed by atoms with Gasteiger partial charge in [0, 0.05) is 12.1 Å². The van der Waals surface area contributed by atoms with Gasteiger partial charge in [0.25, 0.3) is 5.69 Å². The van der Waals surface area contributed by atoms with Crippen molar-refractivity contribution in [2.45, 2.75) is 26.3 Å². The molecule has 0 aromatic heterocycles. The Kier molecular flexibility index (Phi) is 6.30. The minimum atomic E-state index is -1.10. The largest absolute Gasteiger partial charge is 0.480 e. The number of anilines is 1. The van der Waals surface area contributed by atoms with Crippen molar-refractivity contribution in [2.24, 2.45) is 0 Å². The first-order chi connectivity index (χ1) is 10.4. The van der Waals surface area contributed by atoms with E-state index >= 15 is 0 Å². The molecule has 1 rings (SSSR count). The Labute approximate surface area is 127 Å². The third-order valence-corrected chi connectivity index (χ3v) is 3.28. The van der Waals surface area contributed by atoms with Crippen molar-refractivity contribution in [3.8, 4) is 0 Å². The molecule has 8 heteroatoms. The number of nitro benzene ring substituents is 1. The summed E-state index contributed by atoms with van der Waals surface area (Å²) in [6.45, 7) is 3.00. The van der Waals surface area contributed by atoms with Gasteiger partial charge in [-0.05, 0) is 19.4 Å². The lowest BCUT2D eigenvalue weighted by atomic mass is 10.2. The van der Waals surface area contributed by atoms with Crippen LogP contribution < -0.4 is 5.32 Å². The zero-order valence-electron chi connectivity index (χ0n) is 12.5. The first-order valence-corrected chi connectivity index (χ1v) is 6.85. The fourth-order valence-corrected chi connectivity index (χ4v) is 1.91. The maximum absolute atomic E-state index is 12.2. The molecule has 1 atom stereocenters. The number of nitrogens with one attached hydrogen (secondary N) is 1. The molecule has 0 saturated carbocycles. The average molecular weight is 309 g/mol. The second kappa shape index (κ2) is 7.96. The highest BCUT2D eigenvalue weighted by molar-refractivity contribution is 5.85. The normalized spacial score (nSPS) is 11.5. The summed E-state index contributed by atoms with van der Waals surface area (Å²) in [5, 5.41) is 22.5. The van der Waals surface area contributed by atoms with Gasteiger partial charge >= 0.3 is 5.97 Å². The van der Waals surface area contributed by atoms with Gasteiger partial charge in [-0.1, -0.05) is 19.1 Å². The number of rotatable bonds is 8. The minimum Gasteiger partial charge on any atom is -0.480 e. The SMILES string of the molecule is CCC(C)N(CC(=O)O)C(=O)CNc1ccccc1[N+](=O)[O-]. The Morgan fingerprint density at radius 1 is 1.41 bits per heavy atom. The van der Waals surface area contributed by atoms with Crippen LogP contribution in [-0.4, -0.2) is 45.9 Å². The summed E-state index contributed by atoms with van der Waals surface area (Å²) in [5.74, 6) is -1.52. The van der Waals surface area contributed by atoms with Gasteiger partial charge in [0.2, 0.25) is 5.91 Å². The van der Waals surface area contributed by atoms with Crippen LogP contribution in [0.25, 0.3) is 0 Å². The zero-order chi connectivity index (χ0) is 16.7. The number of amides is 1. The second-order valence-electron chi connectivity index (χ2n) is 4.80. The van der Waals surface area contributed by atoms with Gasteiger partial charge in [-0.2, -0.15) is 0 Å². The van der Waals surface area contributed by atoms with Crippen LogP contribution >= 0.6 is 0 Å². The van der Waals surface area contributed by atoms with E-state index < -0.39 is 23.3 Å². The molecule has 0 fully saturated rings. The van der Waals surface area contributed by atoms with E-state index in [2.05, 4.69) is 5.32 Å². The van der Waals surface area contributed by atoms with Crippen LogP contribution in [-0.2, 0) is 9.59 Å². The minimum absolute atomic E-state index is 0.136. The lowest BCUT2D eigenvalue weighted by Crippen LogP contribution is -2.44. The number of carbonyl (C=O) groups is 2. The summed E-state index contributed by atoms with van der Waals surface area (Å²) in [7, 11) is 0. The number of carbonyl (C=O) groups excluding carboxylic acids is 1. The molecule has 0 heterocycles. The number of hydrogen-bond donors (Lipinski definition) is 2. The van der Waals surface area contributed by atoms with Crippen LogP contribution in [0, 0.1) is 10.1 Å². The smallest absolute Gasteiger partial charge is 0.323 e. The Balaban J connectivity index is 2.79. The highest BCUT2D eigenvalue weighted by Gasteiger charge is 2.22. The maximum Gasteiger partial charge on any atom is 0.323 e. The lowest BCUT2D eigenvalue weighted by molar-refractivity contribution is -0.383. The molecule has 1 aromatic carbocycles. The molecule has 0 saturated heterocycles. The number of para-hydroxylation sites is 2. The summed E-state index contributed by atoms with van der Waals surface area (Å²) in [4.78, 5) is 34.6. The zero-order valence-corrected chi connectivity index (χ0v) is 12.5. The molecular weight excluding hydrogens is 290 g/mol. The van der Waals surface area contributed by atoms with Crippen molar-refractivity contribution in [3.63, 3.8) is 0 Å². The first-order valence-electron chi connectivity index (χ1n) is 6.85. The van der Waals surface area contributed by atoms with Gasteiger partial charge in [-0.15, -0.1) is 0 Å². The van der Waals surface area contributed by atoms with Crippen LogP contribution in [0.3, 0.4) is 0 Å². The Morgan fingerprint density at radius 3 is 2.59 bits per heavy atom. The molecule has 0 spiro atoms. The van der Waals surface area contributed by atoms with Crippen molar-refractivity contribution >= 4 is 23.3 Å². The molecule has 0 radical (unpaired) electrons. The van der Waals surface area contributed by atoms with E-state index in [-0.39, 0.29) is 24.0 Å². The Bertz CT molecular complexity index is 561. The molecule has 8 nitrogen and oxygen atoms in total. The van der Waals surface area contributed by atoms with E-state index in [1.165, 1.54) is 23.1 Å². The predicted octanol–water partition coefficient (Wildman–Crippen LogP) is 1.72. The van der Waals surface area contributed by atoms with E-state index in [0.29, 0.717) is 6.42 Å². The lowest BCUT2D eigenvalue weighted by Gasteiger charge is -2.27. The topological polar surface area (TPSA) is 113 Å². The highest BCUT2D eigenvalue weighted by Crippen LogP contribution is 2.22. The maximum atomic E-state index is 12.2. The predicted molar refractivity (Wildman–Crippen MR) is 80.7 cm³/mol. The number of carboxylic acids is 1. The number of nitro groups is 1. The molecular formula is C14H19N3O5. The quantitative estimate of drug-likeness (QED) is 0.558. The van der Waals surface area contributed by atoms with Crippen LogP contribution in [0.5, 0.6) is 0 Å². The molecule has 120 valence electrons. The number of nitrogens with zero attached hydrogens (tertiary/aromatic N) is 2. The van der Waals surface area contributed by atoms with Crippen molar-refractivity contribution < 1.29 is 19.6 Å². The van der Waals surface area contributed by atoms with Gasteiger partial charge in [-0.3, -0.25) is 19.7 Å². The molecule has 0 aliphatic rings. The van der Waals surface area contributed by atoms with E-state index in [9.17, 15) is 19.7 Å². The van der Waals surface area contributed by atoms with Gasteiger partial charge in [-0.25, -0.2) is 0 Å². The summed E-state index contributed by atoms with van der Waals surface area (Å²) in [6, 6.07) is 5.74. The van der Waals surface area contributed by atoms with Crippen LogP contribution in [0.15, 0.2) is 24.3 Å². The van der Waals surface area contributed by atoms with Crippen molar-refractivity contribution in [3.05, 3.63) is 34.4 Å². The van der Waals surface area contributed by atoms with E-state index in [4.69, 9.17) is 5.11 Å². The molecule has 0 aliphatic heterocycles. The molecule has 1 amide bonds. The van der Waals surface area contributed by atoms with E-state index in [1.54, 1.807) is 13.0 Å². The third kappa shape index (κ3) is 4.72. The fourth-order valence-electron chi connectivity index (χ4n) is 1.91. The summed E-state index contributed by atoms with van der Waals surface area (Å²) < 4.78 is 0. The average Bonchev–Trinajstić information content (AvgIpc) is 2.49. The number of benzene rings is 1. The summed E-state index contributed by atoms with van der Waals surface area (Å²) in [6.07, 6.45) is 0.616. The third-order valence-electron chi connectivity index (χ3n) is 3.28. The molecule has 2 N–H and O–H groups in total. The number of aliphatic carboxylic acids is 1. The molecule has 1 unspecified atom stereocenters. The van der Waals surface area contributed by atoms with Crippen LogP contribution in [0.4, 0.5) is 11.4 Å². The van der Waals surface area contributed by atoms with Gasteiger partial charge in [0.15, 0.2) is 0 Å². The Morgan fingerprint density at radius 2 is 2.05 bits per heavy atom. The molecule has 0 bridgehead atoms. The molecule has 22 heavy (non-hydrogen) atoms. The first kappa shape index (κ1) is 17.4. The standard InChI is InChI=1S/C14H19N3O5/c1-3-10(2)16(9-14(19)20)13(18)8-15-11-6-4-5-7-12(11)17(21)22/h4-7,10,15H,3,8-9H2,1-2H3,(H,19,20). The molecule has 0 aliphatic carbocycles. The Hall–Kier alpha value is -2.64. The number of hydrogen-bond acceptors (Lipinski definition) is 5. The van der Waals surface area contributed by atoms with Gasteiger partial charge < -0.3 is 15.3 Å². The van der Waals surface area contributed by atoms with Crippen molar-refractivity contribution in [1.82, 2.24) is 4.90 Å². The van der Waals surface area contributed by atoms with Gasteiger partial charge in [0.1, 0.15) is 12.2 Å². The fraction of sp³-hybridized carbons (Fsp3) is 0.429. The van der Waals surface area contributed by atoms with E-state index in [1.807, 2.05) is 6.92 Å². The second-order valence-corrected chi connectivity index (χ2v) is 4.80. The molecule has 1 aromatic rings. The van der Waals surface area contributed by atoms with Crippen molar-refractivity contribution in [1.29, 1.82) is 0 Å². The monoisotopic (exact) mass is 309 g/mol. The van der Waals surface area contributed by atoms with Crippen molar-refractivity contribution in [2.75, 3.05) is 18.4 Å². The van der Waals surface area contributed by atoms with Gasteiger partial charge in [0.05, 0.1) is 11.5 Å². The van der Waals surface area contributed by atoms with E-state index in [0.717, 1.165) is 0 Å². The highest BCUT2D eigenvalue weighted by atomic mass is 16.6. The summed E-state index contributed by atoms with van der Waals surface area (Å²) in [5.41, 5.74) is 0.0869. The number of carboxylic acid groups (broad SMARTS) is 1.